The first kappa shape index (κ1) is 14.5. The Morgan fingerprint density at radius 1 is 1.56 bits per heavy atom. The molecule has 0 aliphatic carbocycles. The number of nitrogens with zero attached hydrogens (tertiary/aromatic N) is 1. The van der Waals surface area contributed by atoms with Gasteiger partial charge in [-0.1, -0.05) is 15.9 Å². The van der Waals surface area contributed by atoms with Gasteiger partial charge in [0.15, 0.2) is 15.2 Å². The summed E-state index contributed by atoms with van der Waals surface area (Å²) >= 11 is 4.90. The fourth-order valence-electron chi connectivity index (χ4n) is 2.36. The fourth-order valence-corrected chi connectivity index (χ4v) is 6.11. The molecule has 0 aromatic heterocycles. The van der Waals surface area contributed by atoms with Crippen molar-refractivity contribution in [2.45, 2.75) is 34.8 Å². The average Bonchev–Trinajstić information content (AvgIpc) is 2.41. The van der Waals surface area contributed by atoms with Crippen LogP contribution >= 0.6 is 38.5 Å². The van der Waals surface area contributed by atoms with Gasteiger partial charge in [0.05, 0.1) is 0 Å². The summed E-state index contributed by atoms with van der Waals surface area (Å²) in [6.45, 7) is 2.90. The molecule has 3 atom stereocenters. The Balaban J connectivity index is 2.48. The maximum absolute atomic E-state index is 12.3. The van der Waals surface area contributed by atoms with E-state index in [1.807, 2.05) is 22.6 Å². The normalized spacial score (nSPS) is 35.9. The predicted molar refractivity (Wildman–Crippen MR) is 75.1 cm³/mol. The van der Waals surface area contributed by atoms with Gasteiger partial charge in [-0.25, -0.2) is 13.2 Å². The van der Waals surface area contributed by atoms with Gasteiger partial charge < -0.3 is 9.64 Å². The van der Waals surface area contributed by atoms with E-state index >= 15 is 0 Å². The van der Waals surface area contributed by atoms with Gasteiger partial charge in [0.25, 0.3) is 0 Å². The number of rotatable bonds is 2. The second kappa shape index (κ2) is 4.30. The summed E-state index contributed by atoms with van der Waals surface area (Å²) in [4.78, 5) is 24.0. The van der Waals surface area contributed by atoms with Crippen LogP contribution in [-0.4, -0.2) is 50.8 Å². The number of hydrogen-bond donors (Lipinski definition) is 0. The maximum atomic E-state index is 12.3. The van der Waals surface area contributed by atoms with E-state index in [2.05, 4.69) is 15.9 Å². The molecule has 2 fully saturated rings. The minimum absolute atomic E-state index is 0.119. The summed E-state index contributed by atoms with van der Waals surface area (Å²) in [6.07, 6.45) is 0. The third-order valence-electron chi connectivity index (χ3n) is 3.42. The zero-order valence-electron chi connectivity index (χ0n) is 9.59. The Hall–Kier alpha value is 0.1000. The van der Waals surface area contributed by atoms with Crippen LogP contribution in [0.4, 0.5) is 0 Å². The molecule has 2 heterocycles. The monoisotopic (exact) mass is 451 g/mol. The van der Waals surface area contributed by atoms with Gasteiger partial charge in [0.2, 0.25) is 5.91 Å². The summed E-state index contributed by atoms with van der Waals surface area (Å²) < 4.78 is 28.3. The number of hydrogen-bond acceptors (Lipinski definition) is 5. The first-order valence-electron chi connectivity index (χ1n) is 5.10. The second-order valence-electron chi connectivity index (χ2n) is 4.66. The molecule has 2 aliphatic rings. The molecular weight excluding hydrogens is 441 g/mol. The van der Waals surface area contributed by atoms with Gasteiger partial charge in [-0.2, -0.15) is 0 Å². The molecule has 2 rings (SSSR count). The van der Waals surface area contributed by atoms with E-state index in [0.717, 1.165) is 4.90 Å². The van der Waals surface area contributed by atoms with Gasteiger partial charge in [0.1, 0.15) is 20.2 Å². The second-order valence-corrected chi connectivity index (χ2v) is 8.90. The van der Waals surface area contributed by atoms with Gasteiger partial charge in [-0.05, 0) is 36.4 Å². The van der Waals surface area contributed by atoms with E-state index in [0.29, 0.717) is 0 Å². The van der Waals surface area contributed by atoms with Crippen LogP contribution < -0.4 is 0 Å². The molecule has 1 amide bonds. The smallest absolute Gasteiger partial charge is 0.331 e. The molecule has 102 valence electrons. The Bertz CT molecular complexity index is 519. The largest absolute Gasteiger partial charge is 0.453 e. The fraction of sp³-hybridized carbons (Fsp3) is 0.778. The van der Waals surface area contributed by atoms with E-state index in [-0.39, 0.29) is 10.5 Å². The van der Waals surface area contributed by atoms with Gasteiger partial charge in [0, 0.05) is 0 Å². The van der Waals surface area contributed by atoms with Crippen molar-refractivity contribution >= 4 is 60.2 Å². The van der Waals surface area contributed by atoms with Crippen LogP contribution in [0.5, 0.6) is 0 Å². The van der Waals surface area contributed by atoms with Crippen LogP contribution in [0.15, 0.2) is 0 Å². The molecule has 0 N–H and O–H groups in total. The summed E-state index contributed by atoms with van der Waals surface area (Å²) in [5.41, 5.74) is 0. The minimum atomic E-state index is -3.61. The van der Waals surface area contributed by atoms with Crippen LogP contribution in [0, 0.1) is 0 Å². The summed E-state index contributed by atoms with van der Waals surface area (Å²) in [5, 5.41) is -0.966. The van der Waals surface area contributed by atoms with E-state index < -0.39 is 36.8 Å². The molecule has 2 aliphatic heterocycles. The van der Waals surface area contributed by atoms with E-state index in [1.165, 1.54) is 13.8 Å². The zero-order chi connectivity index (χ0) is 13.9. The number of amides is 1. The number of ether oxygens (including phenoxy) is 1. The minimum Gasteiger partial charge on any atom is -0.453 e. The standard InChI is InChI=1S/C9H11BrINO5S/c1-9(2)5(8(14)17-3-11)12-6(13)4(10)7(12)18(9,15)16/h4-5,7H,3H2,1-2H3/t4-,5+,7-/m1/s1. The quantitative estimate of drug-likeness (QED) is 0.263. The van der Waals surface area contributed by atoms with Crippen molar-refractivity contribution in [2.75, 3.05) is 4.61 Å². The van der Waals surface area contributed by atoms with Crippen LogP contribution in [-0.2, 0) is 24.2 Å². The van der Waals surface area contributed by atoms with Crippen molar-refractivity contribution in [3.05, 3.63) is 0 Å². The number of esters is 1. The molecule has 0 spiro atoms. The topological polar surface area (TPSA) is 80.8 Å². The molecular formula is C9H11BrINO5S. The maximum Gasteiger partial charge on any atom is 0.331 e. The number of β-lactam (4-membered cyclic amide) rings is 1. The molecule has 0 radical (unpaired) electrons. The summed E-state index contributed by atoms with van der Waals surface area (Å²) in [5.74, 6) is -1.06. The van der Waals surface area contributed by atoms with Crippen LogP contribution in [0.1, 0.15) is 13.8 Å². The van der Waals surface area contributed by atoms with Crippen molar-refractivity contribution in [1.29, 1.82) is 0 Å². The summed E-state index contributed by atoms with van der Waals surface area (Å²) in [6, 6.07) is -1.07. The number of alkyl halides is 2. The Morgan fingerprint density at radius 2 is 2.11 bits per heavy atom. The third kappa shape index (κ3) is 1.59. The third-order valence-corrected chi connectivity index (χ3v) is 7.80. The first-order valence-corrected chi connectivity index (χ1v) is 9.09. The Morgan fingerprint density at radius 3 is 2.61 bits per heavy atom. The van der Waals surface area contributed by atoms with E-state index in [1.54, 1.807) is 0 Å². The van der Waals surface area contributed by atoms with E-state index in [4.69, 9.17) is 4.74 Å². The first-order chi connectivity index (χ1) is 8.17. The van der Waals surface area contributed by atoms with E-state index in [9.17, 15) is 18.0 Å². The van der Waals surface area contributed by atoms with Crippen molar-refractivity contribution < 1.29 is 22.7 Å². The lowest BCUT2D eigenvalue weighted by molar-refractivity contribution is -0.158. The van der Waals surface area contributed by atoms with Crippen LogP contribution in [0.25, 0.3) is 0 Å². The van der Waals surface area contributed by atoms with Gasteiger partial charge in [-0.15, -0.1) is 0 Å². The lowest BCUT2D eigenvalue weighted by Crippen LogP contribution is -2.64. The number of carbonyl (C=O) groups excluding carboxylic acids is 2. The highest BCUT2D eigenvalue weighted by Gasteiger charge is 2.71. The average molecular weight is 452 g/mol. The zero-order valence-corrected chi connectivity index (χ0v) is 14.2. The number of halogens is 2. The molecule has 0 aromatic rings. The number of fused-ring (bicyclic) bond motifs is 1. The van der Waals surface area contributed by atoms with Gasteiger partial charge >= 0.3 is 5.97 Å². The van der Waals surface area contributed by atoms with Crippen LogP contribution in [0.3, 0.4) is 0 Å². The molecule has 2 saturated heterocycles. The number of carbonyl (C=O) groups is 2. The molecule has 6 nitrogen and oxygen atoms in total. The van der Waals surface area contributed by atoms with Crippen LogP contribution in [0.2, 0.25) is 0 Å². The SMILES string of the molecule is CC1(C)[C@H](C(=O)OCI)N2C(=O)[C@@H](Br)[C@H]2S1(=O)=O. The highest BCUT2D eigenvalue weighted by Crippen LogP contribution is 2.48. The van der Waals surface area contributed by atoms with Crippen molar-refractivity contribution in [2.24, 2.45) is 0 Å². The number of sulfone groups is 1. The van der Waals surface area contributed by atoms with Crippen molar-refractivity contribution in [3.8, 4) is 0 Å². The van der Waals surface area contributed by atoms with Crippen molar-refractivity contribution in [3.63, 3.8) is 0 Å². The molecule has 0 unspecified atom stereocenters. The predicted octanol–water partition coefficient (Wildman–Crippen LogP) is 0.430. The highest BCUT2D eigenvalue weighted by atomic mass is 127. The molecule has 0 aromatic carbocycles. The Kier molecular flexibility index (Phi) is 3.47. The van der Waals surface area contributed by atoms with Crippen molar-refractivity contribution in [1.82, 2.24) is 4.90 Å². The Labute approximate surface area is 127 Å². The molecule has 0 bridgehead atoms. The molecule has 18 heavy (non-hydrogen) atoms. The van der Waals surface area contributed by atoms with Gasteiger partial charge in [-0.3, -0.25) is 4.79 Å². The lowest BCUT2D eigenvalue weighted by atomic mass is 9.98. The lowest BCUT2D eigenvalue weighted by Gasteiger charge is -2.40. The summed E-state index contributed by atoms with van der Waals surface area (Å²) in [7, 11) is -3.61. The molecule has 0 saturated carbocycles. The molecule has 9 heteroatoms. The highest BCUT2D eigenvalue weighted by molar-refractivity contribution is 14.1.